The number of amides is 1. The van der Waals surface area contributed by atoms with Crippen molar-refractivity contribution in [3.63, 3.8) is 0 Å². The number of hydrogen-bond donors (Lipinski definition) is 1. The second-order valence-electron chi connectivity index (χ2n) is 3.90. The van der Waals surface area contributed by atoms with E-state index in [1.165, 1.54) is 0 Å². The van der Waals surface area contributed by atoms with Gasteiger partial charge in [-0.3, -0.25) is 4.79 Å². The highest BCUT2D eigenvalue weighted by atomic mass is 32.1. The number of nitrogens with zero attached hydrogens (tertiary/aromatic N) is 3. The van der Waals surface area contributed by atoms with Crippen LogP contribution in [0.2, 0.25) is 0 Å². The molecule has 2 rings (SSSR count). The van der Waals surface area contributed by atoms with Crippen LogP contribution in [0.1, 0.15) is 23.6 Å². The van der Waals surface area contributed by atoms with Crippen LogP contribution in [0.25, 0.3) is 0 Å². The van der Waals surface area contributed by atoms with Gasteiger partial charge >= 0.3 is 0 Å². The highest BCUT2D eigenvalue weighted by Crippen LogP contribution is 2.18. The smallest absolute Gasteiger partial charge is 0.285 e. The standard InChI is InChI=1S/C9H14N4O2S/c1-5-4-15-6(2)3-13(5)8(14)7-11-12-9(10)16-7/h5-6H,3-4H2,1-2H3,(H2,10,12). The van der Waals surface area contributed by atoms with Crippen LogP contribution in [0.5, 0.6) is 0 Å². The number of anilines is 1. The van der Waals surface area contributed by atoms with Gasteiger partial charge in [0.25, 0.3) is 5.91 Å². The van der Waals surface area contributed by atoms with E-state index in [1.807, 2.05) is 13.8 Å². The Kier molecular flexibility index (Phi) is 3.06. The Bertz CT molecular complexity index is 395. The summed E-state index contributed by atoms with van der Waals surface area (Å²) in [6.45, 7) is 5.04. The summed E-state index contributed by atoms with van der Waals surface area (Å²) in [6.07, 6.45) is 0.0606. The molecule has 0 saturated carbocycles. The molecule has 7 heteroatoms. The summed E-state index contributed by atoms with van der Waals surface area (Å²) in [5, 5.41) is 8.07. The Balaban J connectivity index is 2.14. The fourth-order valence-corrected chi connectivity index (χ4v) is 2.20. The molecule has 1 fully saturated rings. The Labute approximate surface area is 97.4 Å². The molecule has 1 amide bonds. The summed E-state index contributed by atoms with van der Waals surface area (Å²) in [5.41, 5.74) is 5.46. The van der Waals surface area contributed by atoms with Crippen LogP contribution < -0.4 is 5.73 Å². The highest BCUT2D eigenvalue weighted by molar-refractivity contribution is 7.16. The second-order valence-corrected chi connectivity index (χ2v) is 4.91. The van der Waals surface area contributed by atoms with E-state index >= 15 is 0 Å². The van der Waals surface area contributed by atoms with Crippen molar-refractivity contribution in [3.05, 3.63) is 5.01 Å². The van der Waals surface area contributed by atoms with Crippen LogP contribution in [-0.2, 0) is 4.74 Å². The van der Waals surface area contributed by atoms with Crippen molar-refractivity contribution in [1.82, 2.24) is 15.1 Å². The Morgan fingerprint density at radius 1 is 1.56 bits per heavy atom. The zero-order valence-electron chi connectivity index (χ0n) is 9.21. The first-order valence-electron chi connectivity index (χ1n) is 5.09. The summed E-state index contributed by atoms with van der Waals surface area (Å²) in [6, 6.07) is 0.0637. The number of hydrogen-bond acceptors (Lipinski definition) is 6. The van der Waals surface area contributed by atoms with Crippen LogP contribution in [0, 0.1) is 0 Å². The van der Waals surface area contributed by atoms with Gasteiger partial charge < -0.3 is 15.4 Å². The third kappa shape index (κ3) is 2.14. The highest BCUT2D eigenvalue weighted by Gasteiger charge is 2.29. The van der Waals surface area contributed by atoms with Gasteiger partial charge in [0.1, 0.15) is 0 Å². The summed E-state index contributed by atoms with van der Waals surface area (Å²) in [7, 11) is 0. The summed E-state index contributed by atoms with van der Waals surface area (Å²) in [5.74, 6) is -0.114. The SMILES string of the molecule is CC1CN(C(=O)c2nnc(N)s2)C(C)CO1. The molecule has 2 atom stereocenters. The van der Waals surface area contributed by atoms with E-state index in [-0.39, 0.29) is 18.1 Å². The van der Waals surface area contributed by atoms with Crippen molar-refractivity contribution in [3.8, 4) is 0 Å². The predicted molar refractivity (Wildman–Crippen MR) is 60.2 cm³/mol. The largest absolute Gasteiger partial charge is 0.375 e. The molecule has 16 heavy (non-hydrogen) atoms. The molecule has 0 radical (unpaired) electrons. The Hall–Kier alpha value is -1.21. The lowest BCUT2D eigenvalue weighted by molar-refractivity contribution is -0.0387. The molecule has 2 unspecified atom stereocenters. The molecule has 88 valence electrons. The van der Waals surface area contributed by atoms with Crippen LogP contribution in [0.3, 0.4) is 0 Å². The summed E-state index contributed by atoms with van der Waals surface area (Å²) >= 11 is 1.12. The first-order chi connectivity index (χ1) is 7.58. The minimum absolute atomic E-state index is 0.0606. The van der Waals surface area contributed by atoms with E-state index in [2.05, 4.69) is 10.2 Å². The van der Waals surface area contributed by atoms with E-state index in [0.29, 0.717) is 23.3 Å². The van der Waals surface area contributed by atoms with E-state index in [1.54, 1.807) is 4.90 Å². The molecule has 1 aliphatic rings. The van der Waals surface area contributed by atoms with Crippen molar-refractivity contribution in [2.75, 3.05) is 18.9 Å². The maximum atomic E-state index is 12.1. The average Bonchev–Trinajstić information content (AvgIpc) is 2.67. The third-order valence-electron chi connectivity index (χ3n) is 2.49. The van der Waals surface area contributed by atoms with Gasteiger partial charge in [-0.05, 0) is 13.8 Å². The van der Waals surface area contributed by atoms with E-state index < -0.39 is 0 Å². The maximum Gasteiger partial charge on any atom is 0.285 e. The van der Waals surface area contributed by atoms with Crippen molar-refractivity contribution in [2.45, 2.75) is 26.0 Å². The van der Waals surface area contributed by atoms with Gasteiger partial charge in [0.05, 0.1) is 18.8 Å². The number of rotatable bonds is 1. The monoisotopic (exact) mass is 242 g/mol. The van der Waals surface area contributed by atoms with Crippen molar-refractivity contribution < 1.29 is 9.53 Å². The fourth-order valence-electron chi connectivity index (χ4n) is 1.63. The third-order valence-corrected chi connectivity index (χ3v) is 3.23. The number of ether oxygens (including phenoxy) is 1. The van der Waals surface area contributed by atoms with Crippen molar-refractivity contribution in [2.24, 2.45) is 0 Å². The van der Waals surface area contributed by atoms with Gasteiger partial charge in [-0.1, -0.05) is 11.3 Å². The first kappa shape index (κ1) is 11.3. The molecule has 0 aliphatic carbocycles. The zero-order valence-corrected chi connectivity index (χ0v) is 10.0. The zero-order chi connectivity index (χ0) is 11.7. The van der Waals surface area contributed by atoms with Crippen LogP contribution in [0.4, 0.5) is 5.13 Å². The van der Waals surface area contributed by atoms with Gasteiger partial charge in [-0.2, -0.15) is 0 Å². The number of morpholine rings is 1. The predicted octanol–water partition coefficient (Wildman–Crippen LogP) is 0.370. The minimum atomic E-state index is -0.114. The van der Waals surface area contributed by atoms with Crippen LogP contribution in [0.15, 0.2) is 0 Å². The van der Waals surface area contributed by atoms with E-state index in [4.69, 9.17) is 10.5 Å². The lowest BCUT2D eigenvalue weighted by Gasteiger charge is -2.36. The van der Waals surface area contributed by atoms with Crippen LogP contribution in [-0.4, -0.2) is 46.3 Å². The number of nitrogen functional groups attached to an aromatic ring is 1. The number of aromatic nitrogens is 2. The molecule has 1 aromatic rings. The fraction of sp³-hybridized carbons (Fsp3) is 0.667. The van der Waals surface area contributed by atoms with Gasteiger partial charge in [0, 0.05) is 6.54 Å². The van der Waals surface area contributed by atoms with Gasteiger partial charge in [-0.25, -0.2) is 0 Å². The van der Waals surface area contributed by atoms with Crippen LogP contribution >= 0.6 is 11.3 Å². The molecule has 0 spiro atoms. The second kappa shape index (κ2) is 4.34. The molecule has 1 aliphatic heterocycles. The average molecular weight is 242 g/mol. The van der Waals surface area contributed by atoms with E-state index in [0.717, 1.165) is 11.3 Å². The molecule has 0 bridgehead atoms. The molecular formula is C9H14N4O2S. The van der Waals surface area contributed by atoms with Crippen molar-refractivity contribution >= 4 is 22.4 Å². The quantitative estimate of drug-likeness (QED) is 0.769. The molecule has 0 aromatic carbocycles. The van der Waals surface area contributed by atoms with E-state index in [9.17, 15) is 4.79 Å². The minimum Gasteiger partial charge on any atom is -0.375 e. The molecule has 2 heterocycles. The maximum absolute atomic E-state index is 12.1. The number of carbonyl (C=O) groups excluding carboxylic acids is 1. The normalized spacial score (nSPS) is 25.8. The molecule has 2 N–H and O–H groups in total. The van der Waals surface area contributed by atoms with Crippen molar-refractivity contribution in [1.29, 1.82) is 0 Å². The van der Waals surface area contributed by atoms with Gasteiger partial charge in [0.15, 0.2) is 0 Å². The number of carbonyl (C=O) groups is 1. The topological polar surface area (TPSA) is 81.3 Å². The molecule has 1 aromatic heterocycles. The first-order valence-corrected chi connectivity index (χ1v) is 5.91. The summed E-state index contributed by atoms with van der Waals surface area (Å²) in [4.78, 5) is 13.8. The van der Waals surface area contributed by atoms with Gasteiger partial charge in [-0.15, -0.1) is 10.2 Å². The van der Waals surface area contributed by atoms with Gasteiger partial charge in [0.2, 0.25) is 10.1 Å². The Morgan fingerprint density at radius 3 is 2.94 bits per heavy atom. The number of nitrogens with two attached hydrogens (primary N) is 1. The molecular weight excluding hydrogens is 228 g/mol. The molecule has 1 saturated heterocycles. The lowest BCUT2D eigenvalue weighted by Crippen LogP contribution is -2.50. The molecule has 6 nitrogen and oxygen atoms in total. The Morgan fingerprint density at radius 2 is 2.31 bits per heavy atom. The lowest BCUT2D eigenvalue weighted by atomic mass is 10.2. The summed E-state index contributed by atoms with van der Waals surface area (Å²) < 4.78 is 5.46.